The molecule has 3 nitrogen and oxygen atoms in total. The number of rotatable bonds is 3. The average Bonchev–Trinajstić information content (AvgIpc) is 2.34. The zero-order chi connectivity index (χ0) is 14.1. The summed E-state index contributed by atoms with van der Waals surface area (Å²) in [5, 5.41) is 12.5. The van der Waals surface area contributed by atoms with E-state index in [2.05, 4.69) is 19.2 Å². The van der Waals surface area contributed by atoms with Gasteiger partial charge in [-0.1, -0.05) is 26.0 Å². The molecule has 0 radical (unpaired) electrons. The first kappa shape index (κ1) is 13.8. The minimum absolute atomic E-state index is 0.163. The predicted octanol–water partition coefficient (Wildman–Crippen LogP) is 3.66. The number of hydrogen-bond acceptors (Lipinski definition) is 2. The van der Waals surface area contributed by atoms with E-state index >= 15 is 0 Å². The van der Waals surface area contributed by atoms with Gasteiger partial charge in [-0.2, -0.15) is 0 Å². The summed E-state index contributed by atoms with van der Waals surface area (Å²) in [5.41, 5.74) is -0.613. The van der Waals surface area contributed by atoms with Crippen LogP contribution in [0.2, 0.25) is 0 Å². The Labute approximate surface area is 112 Å². The summed E-state index contributed by atoms with van der Waals surface area (Å²) in [7, 11) is 0. The van der Waals surface area contributed by atoms with E-state index in [4.69, 9.17) is 0 Å². The van der Waals surface area contributed by atoms with E-state index in [-0.39, 0.29) is 11.1 Å². The van der Waals surface area contributed by atoms with Gasteiger partial charge in [0.15, 0.2) is 0 Å². The average molecular weight is 265 g/mol. The molecular weight excluding hydrogens is 245 g/mol. The van der Waals surface area contributed by atoms with Gasteiger partial charge in [0.1, 0.15) is 11.4 Å². The predicted molar refractivity (Wildman–Crippen MR) is 72.6 cm³/mol. The molecule has 0 saturated heterocycles. The Hall–Kier alpha value is -1.58. The maximum absolute atomic E-state index is 13.7. The number of para-hydroxylation sites is 1. The topological polar surface area (TPSA) is 49.3 Å². The van der Waals surface area contributed by atoms with E-state index in [0.29, 0.717) is 12.8 Å². The smallest absolute Gasteiger partial charge is 0.329 e. The van der Waals surface area contributed by atoms with Crippen LogP contribution in [-0.2, 0) is 4.79 Å². The molecule has 1 saturated carbocycles. The van der Waals surface area contributed by atoms with Gasteiger partial charge in [-0.15, -0.1) is 0 Å². The zero-order valence-corrected chi connectivity index (χ0v) is 11.4. The number of aliphatic carboxylic acids is 1. The standard InChI is InChI=1S/C15H20FNO2/c1-14(2)7-9-15(10-8-14,13(18)19)17-12-6-4-3-5-11(12)16/h3-6,17H,7-10H2,1-2H3,(H,18,19). The zero-order valence-electron chi connectivity index (χ0n) is 11.4. The van der Waals surface area contributed by atoms with Crippen molar-refractivity contribution in [3.05, 3.63) is 30.1 Å². The fourth-order valence-electron chi connectivity index (χ4n) is 2.57. The summed E-state index contributed by atoms with van der Waals surface area (Å²) in [6.07, 6.45) is 2.68. The number of nitrogens with one attached hydrogen (secondary N) is 1. The van der Waals surface area contributed by atoms with Crippen LogP contribution in [0, 0.1) is 11.2 Å². The van der Waals surface area contributed by atoms with Gasteiger partial charge in [0.2, 0.25) is 0 Å². The van der Waals surface area contributed by atoms with Gasteiger partial charge in [0.25, 0.3) is 0 Å². The van der Waals surface area contributed by atoms with Crippen LogP contribution < -0.4 is 5.32 Å². The molecule has 1 aliphatic rings. The summed E-state index contributed by atoms with van der Waals surface area (Å²) in [6, 6.07) is 6.22. The van der Waals surface area contributed by atoms with Crippen molar-refractivity contribution >= 4 is 11.7 Å². The molecule has 1 aromatic carbocycles. The van der Waals surface area contributed by atoms with Crippen molar-refractivity contribution in [1.29, 1.82) is 0 Å². The lowest BCUT2D eigenvalue weighted by Gasteiger charge is -2.41. The highest BCUT2D eigenvalue weighted by atomic mass is 19.1. The van der Waals surface area contributed by atoms with Gasteiger partial charge in [-0.05, 0) is 43.2 Å². The van der Waals surface area contributed by atoms with Gasteiger partial charge in [0.05, 0.1) is 5.69 Å². The second kappa shape index (κ2) is 4.83. The van der Waals surface area contributed by atoms with Crippen LogP contribution in [0.15, 0.2) is 24.3 Å². The third kappa shape index (κ3) is 2.88. The Morgan fingerprint density at radius 2 is 1.79 bits per heavy atom. The van der Waals surface area contributed by atoms with Crippen molar-refractivity contribution in [3.63, 3.8) is 0 Å². The molecule has 0 aromatic heterocycles. The first-order valence-electron chi connectivity index (χ1n) is 6.61. The van der Waals surface area contributed by atoms with E-state index in [1.807, 2.05) is 0 Å². The monoisotopic (exact) mass is 265 g/mol. The van der Waals surface area contributed by atoms with E-state index in [0.717, 1.165) is 12.8 Å². The van der Waals surface area contributed by atoms with Crippen LogP contribution in [0.25, 0.3) is 0 Å². The fourth-order valence-corrected chi connectivity index (χ4v) is 2.57. The highest BCUT2D eigenvalue weighted by Crippen LogP contribution is 2.42. The van der Waals surface area contributed by atoms with Crippen LogP contribution in [0.1, 0.15) is 39.5 Å². The van der Waals surface area contributed by atoms with Gasteiger partial charge >= 0.3 is 5.97 Å². The number of anilines is 1. The SMILES string of the molecule is CC1(C)CCC(Nc2ccccc2F)(C(=O)O)CC1. The van der Waals surface area contributed by atoms with Crippen molar-refractivity contribution in [2.45, 2.75) is 45.1 Å². The van der Waals surface area contributed by atoms with Crippen LogP contribution in [0.3, 0.4) is 0 Å². The first-order valence-corrected chi connectivity index (χ1v) is 6.61. The van der Waals surface area contributed by atoms with E-state index < -0.39 is 17.3 Å². The third-order valence-corrected chi connectivity index (χ3v) is 4.11. The first-order chi connectivity index (χ1) is 8.85. The molecule has 2 N–H and O–H groups in total. The lowest BCUT2D eigenvalue weighted by Crippen LogP contribution is -2.50. The summed E-state index contributed by atoms with van der Waals surface area (Å²) >= 11 is 0. The molecule has 0 amide bonds. The largest absolute Gasteiger partial charge is 0.480 e. The highest BCUT2D eigenvalue weighted by Gasteiger charge is 2.44. The van der Waals surface area contributed by atoms with Gasteiger partial charge in [-0.25, -0.2) is 9.18 Å². The van der Waals surface area contributed by atoms with E-state index in [9.17, 15) is 14.3 Å². The second-order valence-electron chi connectivity index (χ2n) is 6.16. The lowest BCUT2D eigenvalue weighted by molar-refractivity contribution is -0.144. The highest BCUT2D eigenvalue weighted by molar-refractivity contribution is 5.83. The summed E-state index contributed by atoms with van der Waals surface area (Å²) in [4.78, 5) is 11.6. The van der Waals surface area contributed by atoms with Crippen LogP contribution in [0.5, 0.6) is 0 Å². The molecule has 4 heteroatoms. The number of hydrogen-bond donors (Lipinski definition) is 2. The number of halogens is 1. The van der Waals surface area contributed by atoms with Crippen molar-refractivity contribution in [3.8, 4) is 0 Å². The minimum atomic E-state index is -1.04. The fraction of sp³-hybridized carbons (Fsp3) is 0.533. The number of benzene rings is 1. The molecule has 1 aliphatic carbocycles. The van der Waals surface area contributed by atoms with E-state index in [1.54, 1.807) is 18.2 Å². The Balaban J connectivity index is 2.23. The van der Waals surface area contributed by atoms with Gasteiger partial charge in [0, 0.05) is 0 Å². The summed E-state index contributed by atoms with van der Waals surface area (Å²) in [5.74, 6) is -1.31. The van der Waals surface area contributed by atoms with Crippen molar-refractivity contribution in [2.75, 3.05) is 5.32 Å². The van der Waals surface area contributed by atoms with Gasteiger partial charge in [-0.3, -0.25) is 0 Å². The number of carboxylic acid groups (broad SMARTS) is 1. The second-order valence-corrected chi connectivity index (χ2v) is 6.16. The normalized spacial score (nSPS) is 20.8. The van der Waals surface area contributed by atoms with Crippen LogP contribution in [0.4, 0.5) is 10.1 Å². The quantitative estimate of drug-likeness (QED) is 0.876. The van der Waals surface area contributed by atoms with Crippen molar-refractivity contribution in [1.82, 2.24) is 0 Å². The Morgan fingerprint density at radius 1 is 1.21 bits per heavy atom. The Morgan fingerprint density at radius 3 is 2.32 bits per heavy atom. The third-order valence-electron chi connectivity index (χ3n) is 4.11. The number of carbonyl (C=O) groups is 1. The molecule has 0 aliphatic heterocycles. The summed E-state index contributed by atoms with van der Waals surface area (Å²) < 4.78 is 13.7. The Bertz CT molecular complexity index is 475. The summed E-state index contributed by atoms with van der Waals surface area (Å²) in [6.45, 7) is 4.28. The lowest BCUT2D eigenvalue weighted by atomic mass is 9.69. The molecule has 0 unspecified atom stereocenters. The van der Waals surface area contributed by atoms with Crippen molar-refractivity contribution < 1.29 is 14.3 Å². The molecule has 19 heavy (non-hydrogen) atoms. The minimum Gasteiger partial charge on any atom is -0.480 e. The number of carboxylic acids is 1. The Kier molecular flexibility index (Phi) is 3.52. The molecular formula is C15H20FNO2. The maximum atomic E-state index is 13.7. The molecule has 0 spiro atoms. The van der Waals surface area contributed by atoms with Crippen LogP contribution >= 0.6 is 0 Å². The molecule has 2 rings (SSSR count). The molecule has 1 fully saturated rings. The molecule has 104 valence electrons. The maximum Gasteiger partial charge on any atom is 0.329 e. The van der Waals surface area contributed by atoms with Gasteiger partial charge < -0.3 is 10.4 Å². The molecule has 1 aromatic rings. The molecule has 0 heterocycles. The van der Waals surface area contributed by atoms with Crippen molar-refractivity contribution in [2.24, 2.45) is 5.41 Å². The van der Waals surface area contributed by atoms with Crippen LogP contribution in [-0.4, -0.2) is 16.6 Å². The van der Waals surface area contributed by atoms with E-state index in [1.165, 1.54) is 6.07 Å². The molecule has 0 atom stereocenters. The molecule has 0 bridgehead atoms.